The van der Waals surface area contributed by atoms with Crippen LogP contribution in [0.5, 0.6) is 0 Å². The molecule has 0 aromatic carbocycles. The number of nitrogens with one attached hydrogen (secondary N) is 2. The van der Waals surface area contributed by atoms with E-state index in [-0.39, 0.29) is 11.8 Å². The van der Waals surface area contributed by atoms with Gasteiger partial charge in [0.2, 0.25) is 5.91 Å². The molecule has 1 fully saturated rings. The predicted octanol–water partition coefficient (Wildman–Crippen LogP) is 1.64. The lowest BCUT2D eigenvalue weighted by molar-refractivity contribution is -0.120. The topological polar surface area (TPSA) is 54.0 Å². The Hall–Kier alpha value is -1.42. The fourth-order valence-corrected chi connectivity index (χ4v) is 2.22. The van der Waals surface area contributed by atoms with Gasteiger partial charge in [0.05, 0.1) is 0 Å². The lowest BCUT2D eigenvalue weighted by Crippen LogP contribution is -2.34. The summed E-state index contributed by atoms with van der Waals surface area (Å²) in [5.74, 6) is 0.897. The Labute approximate surface area is 102 Å². The second kappa shape index (κ2) is 5.27. The molecule has 17 heavy (non-hydrogen) atoms. The smallest absolute Gasteiger partial charge is 0.228 e. The molecule has 1 aromatic rings. The summed E-state index contributed by atoms with van der Waals surface area (Å²) in [5.41, 5.74) is 2.06. The second-order valence-corrected chi connectivity index (χ2v) is 4.68. The molecular weight excluding hydrogens is 214 g/mol. The van der Waals surface area contributed by atoms with E-state index in [4.69, 9.17) is 0 Å². The zero-order valence-corrected chi connectivity index (χ0v) is 10.4. The zero-order chi connectivity index (χ0) is 12.3. The molecule has 1 aliphatic rings. The molecule has 2 rings (SSSR count). The Morgan fingerprint density at radius 3 is 2.71 bits per heavy atom. The van der Waals surface area contributed by atoms with Crippen LogP contribution in [0.4, 0.5) is 5.82 Å². The SMILES string of the molecule is Cc1cc(C)nc(NC(=O)C2CCNCC2)c1. The van der Waals surface area contributed by atoms with Crippen LogP contribution in [0.2, 0.25) is 0 Å². The molecule has 2 N–H and O–H groups in total. The van der Waals surface area contributed by atoms with Gasteiger partial charge in [-0.15, -0.1) is 0 Å². The first-order valence-electron chi connectivity index (χ1n) is 6.12. The van der Waals surface area contributed by atoms with Gasteiger partial charge in [0.15, 0.2) is 0 Å². The van der Waals surface area contributed by atoms with Crippen molar-refractivity contribution in [3.8, 4) is 0 Å². The number of hydrogen-bond acceptors (Lipinski definition) is 3. The van der Waals surface area contributed by atoms with E-state index in [0.717, 1.165) is 37.2 Å². The molecule has 0 unspecified atom stereocenters. The van der Waals surface area contributed by atoms with Gasteiger partial charge in [-0.25, -0.2) is 4.98 Å². The number of nitrogens with zero attached hydrogens (tertiary/aromatic N) is 1. The standard InChI is InChI=1S/C13H19N3O/c1-9-7-10(2)15-12(8-9)16-13(17)11-3-5-14-6-4-11/h7-8,11,14H,3-6H2,1-2H3,(H,15,16,17). The van der Waals surface area contributed by atoms with Gasteiger partial charge in [-0.2, -0.15) is 0 Å². The minimum absolute atomic E-state index is 0.101. The van der Waals surface area contributed by atoms with Crippen molar-refractivity contribution < 1.29 is 4.79 Å². The molecule has 0 atom stereocenters. The molecule has 4 nitrogen and oxygen atoms in total. The van der Waals surface area contributed by atoms with Crippen molar-refractivity contribution in [2.75, 3.05) is 18.4 Å². The number of hydrogen-bond donors (Lipinski definition) is 2. The number of carbonyl (C=O) groups excluding carboxylic acids is 1. The van der Waals surface area contributed by atoms with Crippen LogP contribution in [-0.4, -0.2) is 24.0 Å². The van der Waals surface area contributed by atoms with Crippen LogP contribution in [-0.2, 0) is 4.79 Å². The predicted molar refractivity (Wildman–Crippen MR) is 67.9 cm³/mol. The Morgan fingerprint density at radius 2 is 2.06 bits per heavy atom. The van der Waals surface area contributed by atoms with Crippen LogP contribution in [0.15, 0.2) is 12.1 Å². The fourth-order valence-electron chi connectivity index (χ4n) is 2.22. The number of pyridine rings is 1. The quantitative estimate of drug-likeness (QED) is 0.816. The van der Waals surface area contributed by atoms with E-state index in [9.17, 15) is 4.79 Å². The number of rotatable bonds is 2. The van der Waals surface area contributed by atoms with Crippen LogP contribution < -0.4 is 10.6 Å². The molecule has 1 aromatic heterocycles. The van der Waals surface area contributed by atoms with E-state index in [2.05, 4.69) is 15.6 Å². The first kappa shape index (κ1) is 12.0. The maximum atomic E-state index is 12.0. The Bertz CT molecular complexity index is 391. The highest BCUT2D eigenvalue weighted by Gasteiger charge is 2.21. The Balaban J connectivity index is 2.01. The van der Waals surface area contributed by atoms with Gasteiger partial charge in [0.1, 0.15) is 5.82 Å². The van der Waals surface area contributed by atoms with Gasteiger partial charge in [-0.05, 0) is 57.5 Å². The average molecular weight is 233 g/mol. The highest BCUT2D eigenvalue weighted by atomic mass is 16.1. The second-order valence-electron chi connectivity index (χ2n) is 4.68. The van der Waals surface area contributed by atoms with E-state index in [1.807, 2.05) is 26.0 Å². The molecule has 1 aliphatic heterocycles. The summed E-state index contributed by atoms with van der Waals surface area (Å²) in [6, 6.07) is 3.91. The van der Waals surface area contributed by atoms with Crippen LogP contribution in [0.1, 0.15) is 24.1 Å². The van der Waals surface area contributed by atoms with Gasteiger partial charge in [0.25, 0.3) is 0 Å². The summed E-state index contributed by atoms with van der Waals surface area (Å²) in [5, 5.41) is 6.17. The first-order chi connectivity index (χ1) is 8.15. The lowest BCUT2D eigenvalue weighted by atomic mass is 9.97. The molecular formula is C13H19N3O. The summed E-state index contributed by atoms with van der Waals surface area (Å²) in [4.78, 5) is 16.3. The molecule has 0 aliphatic carbocycles. The van der Waals surface area contributed by atoms with E-state index in [0.29, 0.717) is 5.82 Å². The van der Waals surface area contributed by atoms with Crippen molar-refractivity contribution in [2.45, 2.75) is 26.7 Å². The molecule has 0 radical (unpaired) electrons. The van der Waals surface area contributed by atoms with Crippen LogP contribution in [0.25, 0.3) is 0 Å². The highest BCUT2D eigenvalue weighted by Crippen LogP contribution is 2.15. The normalized spacial score (nSPS) is 16.8. The van der Waals surface area contributed by atoms with Crippen LogP contribution >= 0.6 is 0 Å². The van der Waals surface area contributed by atoms with Crippen molar-refractivity contribution in [2.24, 2.45) is 5.92 Å². The molecule has 0 spiro atoms. The van der Waals surface area contributed by atoms with Gasteiger partial charge < -0.3 is 10.6 Å². The third-order valence-corrected chi connectivity index (χ3v) is 3.06. The summed E-state index contributed by atoms with van der Waals surface area (Å²) >= 11 is 0. The minimum atomic E-state index is 0.101. The lowest BCUT2D eigenvalue weighted by Gasteiger charge is -2.21. The fraction of sp³-hybridized carbons (Fsp3) is 0.538. The zero-order valence-electron chi connectivity index (χ0n) is 10.4. The van der Waals surface area contributed by atoms with E-state index >= 15 is 0 Å². The van der Waals surface area contributed by atoms with E-state index < -0.39 is 0 Å². The van der Waals surface area contributed by atoms with Crippen LogP contribution in [0.3, 0.4) is 0 Å². The molecule has 1 amide bonds. The van der Waals surface area contributed by atoms with Crippen molar-refractivity contribution >= 4 is 11.7 Å². The third kappa shape index (κ3) is 3.27. The largest absolute Gasteiger partial charge is 0.317 e. The molecule has 1 saturated heterocycles. The highest BCUT2D eigenvalue weighted by molar-refractivity contribution is 5.91. The summed E-state index contributed by atoms with van der Waals surface area (Å²) in [6.07, 6.45) is 1.83. The molecule has 0 saturated carbocycles. The van der Waals surface area contributed by atoms with Gasteiger partial charge >= 0.3 is 0 Å². The monoisotopic (exact) mass is 233 g/mol. The van der Waals surface area contributed by atoms with Gasteiger partial charge in [-0.3, -0.25) is 4.79 Å². The Morgan fingerprint density at radius 1 is 1.35 bits per heavy atom. The minimum Gasteiger partial charge on any atom is -0.317 e. The number of piperidine rings is 1. The first-order valence-corrected chi connectivity index (χ1v) is 6.12. The van der Waals surface area contributed by atoms with Crippen molar-refractivity contribution in [1.29, 1.82) is 0 Å². The van der Waals surface area contributed by atoms with Gasteiger partial charge in [-0.1, -0.05) is 0 Å². The van der Waals surface area contributed by atoms with E-state index in [1.54, 1.807) is 0 Å². The molecule has 4 heteroatoms. The average Bonchev–Trinajstić information content (AvgIpc) is 2.28. The number of carbonyl (C=O) groups is 1. The number of amides is 1. The number of aryl methyl sites for hydroxylation is 2. The van der Waals surface area contributed by atoms with Crippen LogP contribution in [0, 0.1) is 19.8 Å². The Kier molecular flexibility index (Phi) is 3.74. The van der Waals surface area contributed by atoms with E-state index in [1.165, 1.54) is 0 Å². The summed E-state index contributed by atoms with van der Waals surface area (Å²) < 4.78 is 0. The third-order valence-electron chi connectivity index (χ3n) is 3.06. The summed E-state index contributed by atoms with van der Waals surface area (Å²) in [7, 11) is 0. The van der Waals surface area contributed by atoms with Crippen molar-refractivity contribution in [3.63, 3.8) is 0 Å². The maximum Gasteiger partial charge on any atom is 0.228 e. The number of aromatic nitrogens is 1. The molecule has 0 bridgehead atoms. The van der Waals surface area contributed by atoms with Crippen molar-refractivity contribution in [1.82, 2.24) is 10.3 Å². The summed E-state index contributed by atoms with van der Waals surface area (Å²) in [6.45, 7) is 5.80. The molecule has 2 heterocycles. The maximum absolute atomic E-state index is 12.0. The molecule has 92 valence electrons. The van der Waals surface area contributed by atoms with Gasteiger partial charge in [0, 0.05) is 11.6 Å². The van der Waals surface area contributed by atoms with Crippen molar-refractivity contribution in [3.05, 3.63) is 23.4 Å². The number of anilines is 1.